The van der Waals surface area contributed by atoms with Crippen LogP contribution in [0, 0.1) is 5.92 Å². The van der Waals surface area contributed by atoms with Crippen LogP contribution < -0.4 is 5.32 Å². The summed E-state index contributed by atoms with van der Waals surface area (Å²) in [7, 11) is 0. The van der Waals surface area contributed by atoms with Crippen LogP contribution in [-0.2, 0) is 0 Å². The molecule has 1 saturated heterocycles. The average molecular weight is 254 g/mol. The number of hydrogen-bond acceptors (Lipinski definition) is 2. The molecule has 2 nitrogen and oxygen atoms in total. The van der Waals surface area contributed by atoms with Crippen molar-refractivity contribution in [2.45, 2.75) is 84.8 Å². The summed E-state index contributed by atoms with van der Waals surface area (Å²) < 4.78 is 0. The Morgan fingerprint density at radius 1 is 1.17 bits per heavy atom. The minimum atomic E-state index is 0.672. The normalized spacial score (nSPS) is 27.0. The van der Waals surface area contributed by atoms with Crippen LogP contribution in [0.1, 0.15) is 66.7 Å². The molecule has 0 aromatic heterocycles. The van der Waals surface area contributed by atoms with E-state index < -0.39 is 0 Å². The molecule has 108 valence electrons. The highest BCUT2D eigenvalue weighted by Crippen LogP contribution is 2.25. The van der Waals surface area contributed by atoms with Crippen molar-refractivity contribution in [3.63, 3.8) is 0 Å². The summed E-state index contributed by atoms with van der Waals surface area (Å²) in [5, 5.41) is 3.69. The van der Waals surface area contributed by atoms with Gasteiger partial charge in [-0.2, -0.15) is 0 Å². The average Bonchev–Trinajstić information content (AvgIpc) is 2.68. The van der Waals surface area contributed by atoms with Crippen molar-refractivity contribution in [2.75, 3.05) is 13.1 Å². The minimum Gasteiger partial charge on any atom is -0.313 e. The fourth-order valence-electron chi connectivity index (χ4n) is 3.09. The lowest BCUT2D eigenvalue weighted by atomic mass is 10.0. The molecular weight excluding hydrogens is 220 g/mol. The second kappa shape index (κ2) is 8.16. The number of hydrogen-bond donors (Lipinski definition) is 1. The van der Waals surface area contributed by atoms with E-state index in [-0.39, 0.29) is 0 Å². The first-order chi connectivity index (χ1) is 8.54. The van der Waals surface area contributed by atoms with E-state index in [1.165, 1.54) is 38.6 Å². The van der Waals surface area contributed by atoms with Crippen molar-refractivity contribution in [2.24, 2.45) is 5.92 Å². The van der Waals surface area contributed by atoms with Crippen molar-refractivity contribution < 1.29 is 0 Å². The molecule has 1 aliphatic heterocycles. The molecule has 1 fully saturated rings. The lowest BCUT2D eigenvalue weighted by Gasteiger charge is -2.28. The zero-order valence-electron chi connectivity index (χ0n) is 13.2. The SMILES string of the molecule is CCC1CCC(C)N1CCNC(C)CCC(C)C. The molecule has 0 bridgehead atoms. The van der Waals surface area contributed by atoms with Gasteiger partial charge in [0.05, 0.1) is 0 Å². The van der Waals surface area contributed by atoms with Gasteiger partial charge in [0.2, 0.25) is 0 Å². The summed E-state index contributed by atoms with van der Waals surface area (Å²) in [6.45, 7) is 14.0. The van der Waals surface area contributed by atoms with Crippen LogP contribution in [0.2, 0.25) is 0 Å². The third-order valence-corrected chi connectivity index (χ3v) is 4.46. The summed E-state index contributed by atoms with van der Waals surface area (Å²) in [5.41, 5.74) is 0. The maximum Gasteiger partial charge on any atom is 0.0113 e. The van der Waals surface area contributed by atoms with E-state index in [0.29, 0.717) is 6.04 Å². The summed E-state index contributed by atoms with van der Waals surface area (Å²) in [4.78, 5) is 2.71. The van der Waals surface area contributed by atoms with E-state index in [0.717, 1.165) is 24.5 Å². The molecule has 1 aliphatic rings. The Kier molecular flexibility index (Phi) is 7.25. The predicted octanol–water partition coefficient (Wildman–Crippen LogP) is 3.66. The van der Waals surface area contributed by atoms with Gasteiger partial charge in [-0.3, -0.25) is 4.90 Å². The van der Waals surface area contributed by atoms with Gasteiger partial charge in [0.1, 0.15) is 0 Å². The number of likely N-dealkylation sites (tertiary alicyclic amines) is 1. The molecular formula is C16H34N2. The first kappa shape index (κ1) is 16.0. The molecule has 0 saturated carbocycles. The minimum absolute atomic E-state index is 0.672. The first-order valence-corrected chi connectivity index (χ1v) is 8.03. The molecule has 0 amide bonds. The molecule has 1 heterocycles. The largest absolute Gasteiger partial charge is 0.313 e. The van der Waals surface area contributed by atoms with Gasteiger partial charge in [0, 0.05) is 31.2 Å². The van der Waals surface area contributed by atoms with E-state index in [2.05, 4.69) is 44.8 Å². The van der Waals surface area contributed by atoms with Crippen molar-refractivity contribution in [1.82, 2.24) is 10.2 Å². The van der Waals surface area contributed by atoms with Gasteiger partial charge in [0.15, 0.2) is 0 Å². The fraction of sp³-hybridized carbons (Fsp3) is 1.00. The zero-order chi connectivity index (χ0) is 13.5. The van der Waals surface area contributed by atoms with Crippen molar-refractivity contribution in [3.8, 4) is 0 Å². The molecule has 1 N–H and O–H groups in total. The van der Waals surface area contributed by atoms with E-state index in [1.54, 1.807) is 0 Å². The quantitative estimate of drug-likeness (QED) is 0.711. The number of nitrogens with zero attached hydrogens (tertiary/aromatic N) is 1. The third kappa shape index (κ3) is 5.27. The Morgan fingerprint density at radius 2 is 1.89 bits per heavy atom. The smallest absolute Gasteiger partial charge is 0.0113 e. The maximum atomic E-state index is 3.69. The highest BCUT2D eigenvalue weighted by atomic mass is 15.2. The van der Waals surface area contributed by atoms with Gasteiger partial charge in [-0.25, -0.2) is 0 Å². The third-order valence-electron chi connectivity index (χ3n) is 4.46. The Hall–Kier alpha value is -0.0800. The van der Waals surface area contributed by atoms with Gasteiger partial charge in [0.25, 0.3) is 0 Å². The Labute approximate surface area is 115 Å². The summed E-state index contributed by atoms with van der Waals surface area (Å²) in [6, 6.07) is 2.31. The van der Waals surface area contributed by atoms with E-state index in [4.69, 9.17) is 0 Å². The van der Waals surface area contributed by atoms with Crippen LogP contribution in [0.3, 0.4) is 0 Å². The zero-order valence-corrected chi connectivity index (χ0v) is 13.2. The van der Waals surface area contributed by atoms with Crippen LogP contribution in [0.15, 0.2) is 0 Å². The monoisotopic (exact) mass is 254 g/mol. The molecule has 3 atom stereocenters. The lowest BCUT2D eigenvalue weighted by molar-refractivity contribution is 0.196. The summed E-state index contributed by atoms with van der Waals surface area (Å²) in [5.74, 6) is 0.831. The van der Waals surface area contributed by atoms with Crippen LogP contribution in [0.4, 0.5) is 0 Å². The maximum absolute atomic E-state index is 3.69. The molecule has 2 heteroatoms. The second-order valence-corrected chi connectivity index (χ2v) is 6.55. The molecule has 3 unspecified atom stereocenters. The summed E-state index contributed by atoms with van der Waals surface area (Å²) >= 11 is 0. The molecule has 18 heavy (non-hydrogen) atoms. The standard InChI is InChI=1S/C16H34N2/c1-6-16-10-9-15(5)18(16)12-11-17-14(4)8-7-13(2)3/h13-17H,6-12H2,1-5H3. The van der Waals surface area contributed by atoms with E-state index in [9.17, 15) is 0 Å². The molecule has 0 aromatic carbocycles. The van der Waals surface area contributed by atoms with Crippen LogP contribution in [0.25, 0.3) is 0 Å². The van der Waals surface area contributed by atoms with Crippen LogP contribution in [-0.4, -0.2) is 36.1 Å². The molecule has 0 aliphatic carbocycles. The van der Waals surface area contributed by atoms with Crippen LogP contribution >= 0.6 is 0 Å². The second-order valence-electron chi connectivity index (χ2n) is 6.55. The molecule has 0 spiro atoms. The van der Waals surface area contributed by atoms with Crippen molar-refractivity contribution in [1.29, 1.82) is 0 Å². The Balaban J connectivity index is 2.16. The number of nitrogens with one attached hydrogen (secondary N) is 1. The van der Waals surface area contributed by atoms with Gasteiger partial charge < -0.3 is 5.32 Å². The Morgan fingerprint density at radius 3 is 2.50 bits per heavy atom. The predicted molar refractivity (Wildman–Crippen MR) is 81.0 cm³/mol. The highest BCUT2D eigenvalue weighted by Gasteiger charge is 2.28. The Bertz CT molecular complexity index is 215. The summed E-state index contributed by atoms with van der Waals surface area (Å²) in [6.07, 6.45) is 6.76. The van der Waals surface area contributed by atoms with Gasteiger partial charge in [-0.15, -0.1) is 0 Å². The molecule has 0 aromatic rings. The lowest BCUT2D eigenvalue weighted by Crippen LogP contribution is -2.41. The van der Waals surface area contributed by atoms with Crippen LogP contribution in [0.5, 0.6) is 0 Å². The van der Waals surface area contributed by atoms with E-state index in [1.807, 2.05) is 0 Å². The van der Waals surface area contributed by atoms with Crippen molar-refractivity contribution >= 4 is 0 Å². The first-order valence-electron chi connectivity index (χ1n) is 8.03. The molecule has 1 rings (SSSR count). The number of rotatable bonds is 8. The highest BCUT2D eigenvalue weighted by molar-refractivity contribution is 4.84. The van der Waals surface area contributed by atoms with Crippen molar-refractivity contribution in [3.05, 3.63) is 0 Å². The van der Waals surface area contributed by atoms with Gasteiger partial charge in [-0.05, 0) is 51.9 Å². The fourth-order valence-corrected chi connectivity index (χ4v) is 3.09. The molecule has 0 radical (unpaired) electrons. The van der Waals surface area contributed by atoms with E-state index >= 15 is 0 Å². The van der Waals surface area contributed by atoms with Gasteiger partial charge in [-0.1, -0.05) is 20.8 Å². The van der Waals surface area contributed by atoms with Gasteiger partial charge >= 0.3 is 0 Å². The topological polar surface area (TPSA) is 15.3 Å².